The molecule has 22 heavy (non-hydrogen) atoms. The molecule has 0 aliphatic carbocycles. The van der Waals surface area contributed by atoms with E-state index >= 15 is 0 Å². The van der Waals surface area contributed by atoms with Gasteiger partial charge in [0.25, 0.3) is 0 Å². The van der Waals surface area contributed by atoms with Crippen LogP contribution in [-0.2, 0) is 4.79 Å². The van der Waals surface area contributed by atoms with Crippen LogP contribution in [0.25, 0.3) is 0 Å². The lowest BCUT2D eigenvalue weighted by Gasteiger charge is -2.08. The van der Waals surface area contributed by atoms with Crippen LogP contribution in [0.1, 0.15) is 0 Å². The van der Waals surface area contributed by atoms with Gasteiger partial charge in [0, 0.05) is 4.90 Å². The molecule has 2 aromatic carbocycles. The fraction of sp³-hybridized carbons (Fsp3) is 0.0714. The molecule has 0 spiro atoms. The summed E-state index contributed by atoms with van der Waals surface area (Å²) in [7, 11) is 0. The van der Waals surface area contributed by atoms with E-state index in [1.54, 1.807) is 18.2 Å². The quantitative estimate of drug-likeness (QED) is 0.600. The van der Waals surface area contributed by atoms with Crippen molar-refractivity contribution in [3.8, 4) is 0 Å². The second kappa shape index (κ2) is 7.26. The van der Waals surface area contributed by atoms with Crippen LogP contribution in [0.3, 0.4) is 0 Å². The third-order valence-electron chi connectivity index (χ3n) is 2.58. The second-order valence-electron chi connectivity index (χ2n) is 4.11. The van der Waals surface area contributed by atoms with E-state index < -0.39 is 29.0 Å². The van der Waals surface area contributed by atoms with Crippen molar-refractivity contribution in [2.45, 2.75) is 4.90 Å². The highest BCUT2D eigenvalue weighted by Gasteiger charge is 2.16. The Hall–Kier alpha value is -1.37. The highest BCUT2D eigenvalue weighted by atomic mass is 35.5. The summed E-state index contributed by atoms with van der Waals surface area (Å²) in [5, 5.41) is 2.92. The molecule has 2 nitrogen and oxygen atoms in total. The Labute approximate surface area is 138 Å². The Balaban J connectivity index is 2.04. The first-order valence-corrected chi connectivity index (χ1v) is 7.64. The molecular weight excluding hydrogens is 358 g/mol. The van der Waals surface area contributed by atoms with Crippen molar-refractivity contribution in [3.05, 3.63) is 57.8 Å². The van der Waals surface area contributed by atoms with E-state index in [0.29, 0.717) is 14.9 Å². The molecule has 8 heteroatoms. The van der Waals surface area contributed by atoms with E-state index in [9.17, 15) is 18.0 Å². The zero-order valence-corrected chi connectivity index (χ0v) is 13.1. The maximum absolute atomic E-state index is 13.4. The molecule has 0 unspecified atom stereocenters. The molecule has 0 bridgehead atoms. The molecule has 0 radical (unpaired) electrons. The Morgan fingerprint density at radius 1 is 1.05 bits per heavy atom. The maximum atomic E-state index is 13.4. The summed E-state index contributed by atoms with van der Waals surface area (Å²) < 4.78 is 39.3. The van der Waals surface area contributed by atoms with Gasteiger partial charge in [0.2, 0.25) is 5.91 Å². The van der Waals surface area contributed by atoms with Gasteiger partial charge in [-0.3, -0.25) is 4.79 Å². The highest BCUT2D eigenvalue weighted by molar-refractivity contribution is 8.00. The van der Waals surface area contributed by atoms with E-state index in [1.165, 1.54) is 0 Å². The van der Waals surface area contributed by atoms with Gasteiger partial charge in [-0.05, 0) is 24.3 Å². The van der Waals surface area contributed by atoms with E-state index in [1.807, 2.05) is 0 Å². The van der Waals surface area contributed by atoms with Crippen molar-refractivity contribution in [2.75, 3.05) is 11.1 Å². The zero-order chi connectivity index (χ0) is 16.3. The normalized spacial score (nSPS) is 10.6. The summed E-state index contributed by atoms with van der Waals surface area (Å²) in [4.78, 5) is 12.3. The Morgan fingerprint density at radius 2 is 1.68 bits per heavy atom. The van der Waals surface area contributed by atoms with Crippen LogP contribution in [0, 0.1) is 17.5 Å². The van der Waals surface area contributed by atoms with Gasteiger partial charge in [0.05, 0.1) is 21.5 Å². The molecule has 0 fully saturated rings. The molecule has 0 saturated heterocycles. The number of hydrogen-bond acceptors (Lipinski definition) is 2. The molecule has 0 heterocycles. The van der Waals surface area contributed by atoms with Crippen LogP contribution >= 0.6 is 35.0 Å². The Kier molecular flexibility index (Phi) is 5.61. The first kappa shape index (κ1) is 17.0. The van der Waals surface area contributed by atoms with Gasteiger partial charge < -0.3 is 5.32 Å². The van der Waals surface area contributed by atoms with Crippen LogP contribution in [0.4, 0.5) is 18.9 Å². The van der Waals surface area contributed by atoms with Crippen molar-refractivity contribution >= 4 is 46.6 Å². The van der Waals surface area contributed by atoms with Gasteiger partial charge in [-0.25, -0.2) is 13.2 Å². The summed E-state index contributed by atoms with van der Waals surface area (Å²) in [5.74, 6) is -5.14. The lowest BCUT2D eigenvalue weighted by molar-refractivity contribution is -0.113. The molecule has 1 N–H and O–H groups in total. The molecule has 0 aromatic heterocycles. The molecule has 1 amide bonds. The summed E-state index contributed by atoms with van der Waals surface area (Å²) in [6, 6.07) is 6.56. The summed E-state index contributed by atoms with van der Waals surface area (Å²) in [6.45, 7) is 0. The predicted octanol–water partition coefficient (Wildman–Crippen LogP) is 5.14. The number of nitrogens with one attached hydrogen (secondary N) is 1. The third kappa shape index (κ3) is 3.88. The number of amides is 1. The predicted molar refractivity (Wildman–Crippen MR) is 82.1 cm³/mol. The van der Waals surface area contributed by atoms with Gasteiger partial charge in [-0.2, -0.15) is 0 Å². The van der Waals surface area contributed by atoms with E-state index in [-0.39, 0.29) is 5.75 Å². The Morgan fingerprint density at radius 3 is 2.32 bits per heavy atom. The maximum Gasteiger partial charge on any atom is 0.234 e. The van der Waals surface area contributed by atoms with E-state index in [2.05, 4.69) is 5.32 Å². The minimum atomic E-state index is -1.64. The summed E-state index contributed by atoms with van der Waals surface area (Å²) in [6.07, 6.45) is 0. The average Bonchev–Trinajstić information content (AvgIpc) is 2.47. The number of carbonyl (C=O) groups is 1. The third-order valence-corrected chi connectivity index (χ3v) is 4.56. The smallest absolute Gasteiger partial charge is 0.234 e. The molecule has 0 aliphatic rings. The summed E-state index contributed by atoms with van der Waals surface area (Å²) >= 11 is 12.9. The van der Waals surface area contributed by atoms with Crippen molar-refractivity contribution in [1.29, 1.82) is 0 Å². The van der Waals surface area contributed by atoms with Crippen LogP contribution in [0.15, 0.2) is 35.2 Å². The van der Waals surface area contributed by atoms with Crippen molar-refractivity contribution < 1.29 is 18.0 Å². The number of rotatable bonds is 4. The van der Waals surface area contributed by atoms with E-state index in [0.717, 1.165) is 23.9 Å². The number of anilines is 1. The van der Waals surface area contributed by atoms with Crippen LogP contribution in [0.5, 0.6) is 0 Å². The van der Waals surface area contributed by atoms with Crippen LogP contribution in [0.2, 0.25) is 10.0 Å². The zero-order valence-electron chi connectivity index (χ0n) is 10.8. The van der Waals surface area contributed by atoms with Crippen molar-refractivity contribution in [1.82, 2.24) is 0 Å². The average molecular weight is 366 g/mol. The monoisotopic (exact) mass is 365 g/mol. The number of hydrogen-bond donors (Lipinski definition) is 1. The molecule has 116 valence electrons. The molecule has 0 atom stereocenters. The molecule has 0 saturated carbocycles. The number of halogens is 5. The minimum Gasteiger partial charge on any atom is -0.323 e. The van der Waals surface area contributed by atoms with Gasteiger partial charge in [-0.15, -0.1) is 11.8 Å². The van der Waals surface area contributed by atoms with E-state index in [4.69, 9.17) is 23.2 Å². The lowest BCUT2D eigenvalue weighted by atomic mass is 10.3. The second-order valence-corrected chi connectivity index (χ2v) is 5.91. The number of benzene rings is 2. The molecular formula is C14H8Cl2F3NOS. The lowest BCUT2D eigenvalue weighted by Crippen LogP contribution is -2.15. The van der Waals surface area contributed by atoms with Crippen molar-refractivity contribution in [3.63, 3.8) is 0 Å². The van der Waals surface area contributed by atoms with Crippen LogP contribution < -0.4 is 5.32 Å². The number of carbonyl (C=O) groups excluding carboxylic acids is 1. The molecule has 0 aliphatic heterocycles. The fourth-order valence-corrected chi connectivity index (χ4v) is 3.05. The molecule has 2 rings (SSSR count). The van der Waals surface area contributed by atoms with Gasteiger partial charge in [0.15, 0.2) is 17.5 Å². The SMILES string of the molecule is O=C(CSc1c(Cl)cccc1Cl)Nc1ccc(F)c(F)c1F. The topological polar surface area (TPSA) is 29.1 Å². The van der Waals surface area contributed by atoms with Crippen molar-refractivity contribution in [2.24, 2.45) is 0 Å². The van der Waals surface area contributed by atoms with Gasteiger partial charge in [0.1, 0.15) is 0 Å². The van der Waals surface area contributed by atoms with Gasteiger partial charge in [-0.1, -0.05) is 29.3 Å². The first-order chi connectivity index (χ1) is 10.4. The van der Waals surface area contributed by atoms with Gasteiger partial charge >= 0.3 is 0 Å². The fourth-order valence-electron chi connectivity index (χ4n) is 1.57. The minimum absolute atomic E-state index is 0.123. The largest absolute Gasteiger partial charge is 0.323 e. The van der Waals surface area contributed by atoms with Crippen LogP contribution in [-0.4, -0.2) is 11.7 Å². The first-order valence-electron chi connectivity index (χ1n) is 5.90. The Bertz CT molecular complexity index is 707. The summed E-state index contributed by atoms with van der Waals surface area (Å²) in [5.41, 5.74) is -0.435. The number of thioether (sulfide) groups is 1. The molecule has 2 aromatic rings. The standard InChI is InChI=1S/C14H8Cl2F3NOS/c15-7-2-1-3-8(16)14(7)22-6-11(21)20-10-5-4-9(17)12(18)13(10)19/h1-5H,6H2,(H,20,21). The highest BCUT2D eigenvalue weighted by Crippen LogP contribution is 2.33.